The highest BCUT2D eigenvalue weighted by atomic mass is 16.5. The van der Waals surface area contributed by atoms with Gasteiger partial charge >= 0.3 is 0 Å². The number of hydrogen-bond acceptors (Lipinski definition) is 4. The smallest absolute Gasteiger partial charge is 0.265 e. The Hall–Kier alpha value is -2.53. The summed E-state index contributed by atoms with van der Waals surface area (Å²) in [5, 5.41) is 2.87. The van der Waals surface area contributed by atoms with E-state index in [2.05, 4.69) is 19.2 Å². The first kappa shape index (κ1) is 20.2. The summed E-state index contributed by atoms with van der Waals surface area (Å²) in [6, 6.07) is 15.2. The van der Waals surface area contributed by atoms with Crippen molar-refractivity contribution in [2.45, 2.75) is 51.7 Å². The summed E-state index contributed by atoms with van der Waals surface area (Å²) in [6.45, 7) is 7.41. The highest BCUT2D eigenvalue weighted by Crippen LogP contribution is 2.21. The Morgan fingerprint density at radius 3 is 2.36 bits per heavy atom. The van der Waals surface area contributed by atoms with Crippen LogP contribution < -0.4 is 14.8 Å². The van der Waals surface area contributed by atoms with E-state index >= 15 is 0 Å². The van der Waals surface area contributed by atoms with Crippen molar-refractivity contribution in [1.82, 2.24) is 0 Å². The molecule has 5 heteroatoms. The maximum atomic E-state index is 12.4. The van der Waals surface area contributed by atoms with Gasteiger partial charge in [-0.15, -0.1) is 0 Å². The summed E-state index contributed by atoms with van der Waals surface area (Å²) in [6.07, 6.45) is 1.74. The van der Waals surface area contributed by atoms with Crippen LogP contribution in [0, 0.1) is 0 Å². The normalized spacial score (nSPS) is 17.4. The minimum absolute atomic E-state index is 0.187. The lowest BCUT2D eigenvalue weighted by molar-refractivity contribution is -0.122. The standard InChI is InChI=1S/C23H29NO4/c1-16(2)18-6-10-21(11-7-18)28-17(3)23(25)24-19-8-12-20(13-9-19)27-15-22-5-4-14-26-22/h6-13,16-17,22H,4-5,14-15H2,1-3H3,(H,24,25)/t17-,22-/m1/s1. The van der Waals surface area contributed by atoms with Crippen LogP contribution in [0.5, 0.6) is 11.5 Å². The van der Waals surface area contributed by atoms with E-state index < -0.39 is 6.10 Å². The van der Waals surface area contributed by atoms with Crippen molar-refractivity contribution in [3.63, 3.8) is 0 Å². The van der Waals surface area contributed by atoms with Crippen LogP contribution in [-0.4, -0.2) is 31.3 Å². The molecule has 0 radical (unpaired) electrons. The van der Waals surface area contributed by atoms with Crippen LogP contribution in [0.4, 0.5) is 5.69 Å². The summed E-state index contributed by atoms with van der Waals surface area (Å²) < 4.78 is 17.0. The lowest BCUT2D eigenvalue weighted by Crippen LogP contribution is -2.30. The summed E-state index contributed by atoms with van der Waals surface area (Å²) in [5.41, 5.74) is 1.95. The third-order valence-corrected chi connectivity index (χ3v) is 4.81. The second-order valence-corrected chi connectivity index (χ2v) is 7.44. The molecular formula is C23H29NO4. The highest BCUT2D eigenvalue weighted by molar-refractivity contribution is 5.94. The molecule has 2 atom stereocenters. The second kappa shape index (κ2) is 9.60. The van der Waals surface area contributed by atoms with Gasteiger partial charge in [0.05, 0.1) is 6.10 Å². The molecule has 0 bridgehead atoms. The van der Waals surface area contributed by atoms with E-state index in [1.54, 1.807) is 6.92 Å². The van der Waals surface area contributed by atoms with Crippen LogP contribution in [-0.2, 0) is 9.53 Å². The fraction of sp³-hybridized carbons (Fsp3) is 0.435. The van der Waals surface area contributed by atoms with Gasteiger partial charge in [-0.2, -0.15) is 0 Å². The molecule has 150 valence electrons. The minimum atomic E-state index is -0.597. The summed E-state index contributed by atoms with van der Waals surface area (Å²) in [4.78, 5) is 12.4. The fourth-order valence-electron chi connectivity index (χ4n) is 3.03. The Morgan fingerprint density at radius 2 is 1.75 bits per heavy atom. The SMILES string of the molecule is CC(C)c1ccc(O[C@H](C)C(=O)Nc2ccc(OC[C@H]3CCCO3)cc2)cc1. The van der Waals surface area contributed by atoms with Crippen molar-refractivity contribution >= 4 is 11.6 Å². The van der Waals surface area contributed by atoms with E-state index in [1.165, 1.54) is 5.56 Å². The number of benzene rings is 2. The Bertz CT molecular complexity index is 749. The molecule has 28 heavy (non-hydrogen) atoms. The van der Waals surface area contributed by atoms with Crippen molar-refractivity contribution in [3.8, 4) is 11.5 Å². The first-order valence-corrected chi connectivity index (χ1v) is 9.93. The lowest BCUT2D eigenvalue weighted by Gasteiger charge is -2.16. The molecule has 2 aromatic carbocycles. The van der Waals surface area contributed by atoms with Crippen LogP contribution >= 0.6 is 0 Å². The number of carbonyl (C=O) groups excluding carboxylic acids is 1. The molecule has 0 spiro atoms. The predicted octanol–water partition coefficient (Wildman–Crippen LogP) is 4.77. The molecule has 0 unspecified atom stereocenters. The summed E-state index contributed by atoms with van der Waals surface area (Å²) in [5.74, 6) is 1.72. The summed E-state index contributed by atoms with van der Waals surface area (Å²) in [7, 11) is 0. The van der Waals surface area contributed by atoms with Crippen LogP contribution in [0.2, 0.25) is 0 Å². The second-order valence-electron chi connectivity index (χ2n) is 7.44. The van der Waals surface area contributed by atoms with Gasteiger partial charge < -0.3 is 19.5 Å². The number of rotatable bonds is 8. The molecule has 0 aromatic heterocycles. The van der Waals surface area contributed by atoms with Gasteiger partial charge in [-0.05, 0) is 67.6 Å². The summed E-state index contributed by atoms with van der Waals surface area (Å²) >= 11 is 0. The molecular weight excluding hydrogens is 354 g/mol. The highest BCUT2D eigenvalue weighted by Gasteiger charge is 2.17. The first-order chi connectivity index (χ1) is 13.5. The van der Waals surface area contributed by atoms with E-state index in [0.717, 1.165) is 25.2 Å². The van der Waals surface area contributed by atoms with Gasteiger partial charge in [0.2, 0.25) is 0 Å². The molecule has 1 aliphatic heterocycles. The topological polar surface area (TPSA) is 56.8 Å². The van der Waals surface area contributed by atoms with Crippen molar-refractivity contribution in [1.29, 1.82) is 0 Å². The van der Waals surface area contributed by atoms with Crippen molar-refractivity contribution in [2.24, 2.45) is 0 Å². The zero-order valence-electron chi connectivity index (χ0n) is 16.8. The average Bonchev–Trinajstić information content (AvgIpc) is 3.21. The van der Waals surface area contributed by atoms with Crippen molar-refractivity contribution in [3.05, 3.63) is 54.1 Å². The van der Waals surface area contributed by atoms with E-state index in [0.29, 0.717) is 24.0 Å². The zero-order valence-corrected chi connectivity index (χ0v) is 16.8. The number of ether oxygens (including phenoxy) is 3. The lowest BCUT2D eigenvalue weighted by atomic mass is 10.0. The van der Waals surface area contributed by atoms with Gasteiger partial charge in [0.15, 0.2) is 6.10 Å². The van der Waals surface area contributed by atoms with Gasteiger partial charge in [-0.1, -0.05) is 26.0 Å². The van der Waals surface area contributed by atoms with E-state index in [1.807, 2.05) is 48.5 Å². The molecule has 3 rings (SSSR count). The number of amides is 1. The molecule has 1 fully saturated rings. The third kappa shape index (κ3) is 5.73. The number of hydrogen-bond donors (Lipinski definition) is 1. The fourth-order valence-corrected chi connectivity index (χ4v) is 3.03. The quantitative estimate of drug-likeness (QED) is 0.713. The first-order valence-electron chi connectivity index (χ1n) is 9.93. The maximum absolute atomic E-state index is 12.4. The Labute approximate surface area is 167 Å². The van der Waals surface area contributed by atoms with Crippen LogP contribution in [0.3, 0.4) is 0 Å². The van der Waals surface area contributed by atoms with Gasteiger partial charge in [0.1, 0.15) is 18.1 Å². The van der Waals surface area contributed by atoms with Gasteiger partial charge in [-0.3, -0.25) is 4.79 Å². The molecule has 1 N–H and O–H groups in total. The molecule has 0 saturated carbocycles. The zero-order chi connectivity index (χ0) is 19.9. The molecule has 0 aliphatic carbocycles. The maximum Gasteiger partial charge on any atom is 0.265 e. The Kier molecular flexibility index (Phi) is 6.93. The number of carbonyl (C=O) groups is 1. The molecule has 5 nitrogen and oxygen atoms in total. The number of anilines is 1. The Morgan fingerprint density at radius 1 is 1.07 bits per heavy atom. The monoisotopic (exact) mass is 383 g/mol. The Balaban J connectivity index is 1.47. The van der Waals surface area contributed by atoms with E-state index in [9.17, 15) is 4.79 Å². The third-order valence-electron chi connectivity index (χ3n) is 4.81. The average molecular weight is 383 g/mol. The van der Waals surface area contributed by atoms with Crippen molar-refractivity contribution < 1.29 is 19.0 Å². The molecule has 1 aliphatic rings. The molecule has 2 aromatic rings. The van der Waals surface area contributed by atoms with E-state index in [4.69, 9.17) is 14.2 Å². The van der Waals surface area contributed by atoms with Crippen LogP contribution in [0.1, 0.15) is 45.1 Å². The van der Waals surface area contributed by atoms with Gasteiger partial charge in [0.25, 0.3) is 5.91 Å². The largest absolute Gasteiger partial charge is 0.491 e. The minimum Gasteiger partial charge on any atom is -0.491 e. The molecule has 1 saturated heterocycles. The van der Waals surface area contributed by atoms with Crippen LogP contribution in [0.15, 0.2) is 48.5 Å². The van der Waals surface area contributed by atoms with Crippen LogP contribution in [0.25, 0.3) is 0 Å². The van der Waals surface area contributed by atoms with E-state index in [-0.39, 0.29) is 12.0 Å². The molecule has 1 amide bonds. The van der Waals surface area contributed by atoms with Crippen molar-refractivity contribution in [2.75, 3.05) is 18.5 Å². The molecule has 1 heterocycles. The predicted molar refractivity (Wildman–Crippen MR) is 110 cm³/mol. The number of nitrogens with one attached hydrogen (secondary N) is 1. The van der Waals surface area contributed by atoms with Gasteiger partial charge in [0, 0.05) is 12.3 Å². The van der Waals surface area contributed by atoms with Gasteiger partial charge in [-0.25, -0.2) is 0 Å².